The fraction of sp³-hybridized carbons (Fsp3) is 0.833. The van der Waals surface area contributed by atoms with Crippen molar-refractivity contribution in [3.05, 3.63) is 0 Å². The average molecular weight is 154 g/mol. The maximum atomic E-state index is 11.4. The van der Waals surface area contributed by atoms with Gasteiger partial charge in [0, 0.05) is 6.42 Å². The standard InChI is InChI=1S/C6H9F3O/c1-2-3-4-5(10)6(7,8)9/h2-4H2,1H3. The molecule has 0 N–H and O–H groups in total. The summed E-state index contributed by atoms with van der Waals surface area (Å²) < 4.78 is 34.3. The smallest absolute Gasteiger partial charge is 0.290 e. The van der Waals surface area contributed by atoms with Crippen LogP contribution >= 0.6 is 0 Å². The SMILES string of the molecule is CCCCC(=O)C(F)(F)F. The van der Waals surface area contributed by atoms with E-state index < -0.39 is 12.0 Å². The Balaban J connectivity index is 3.64. The van der Waals surface area contributed by atoms with Crippen molar-refractivity contribution >= 4 is 5.78 Å². The third-order valence-electron chi connectivity index (χ3n) is 1.07. The summed E-state index contributed by atoms with van der Waals surface area (Å²) >= 11 is 0. The van der Waals surface area contributed by atoms with Gasteiger partial charge in [0.1, 0.15) is 0 Å². The molecule has 0 aromatic carbocycles. The van der Waals surface area contributed by atoms with Crippen LogP contribution in [0.25, 0.3) is 0 Å². The second-order valence-corrected chi connectivity index (χ2v) is 2.02. The lowest BCUT2D eigenvalue weighted by molar-refractivity contribution is -0.171. The summed E-state index contributed by atoms with van der Waals surface area (Å²) in [4.78, 5) is 10.1. The third kappa shape index (κ3) is 3.48. The molecule has 0 spiro atoms. The van der Waals surface area contributed by atoms with Gasteiger partial charge >= 0.3 is 6.18 Å². The van der Waals surface area contributed by atoms with Crippen molar-refractivity contribution in [3.63, 3.8) is 0 Å². The Kier molecular flexibility index (Phi) is 3.39. The highest BCUT2D eigenvalue weighted by Crippen LogP contribution is 2.18. The normalized spacial score (nSPS) is 11.6. The number of carbonyl (C=O) groups excluding carboxylic acids is 1. The van der Waals surface area contributed by atoms with Crippen LogP contribution in [0, 0.1) is 0 Å². The number of rotatable bonds is 3. The average Bonchev–Trinajstić information content (AvgIpc) is 1.80. The molecule has 0 radical (unpaired) electrons. The summed E-state index contributed by atoms with van der Waals surface area (Å²) in [5.74, 6) is -1.62. The number of halogens is 3. The molecule has 0 fully saturated rings. The van der Waals surface area contributed by atoms with E-state index in [9.17, 15) is 18.0 Å². The highest BCUT2D eigenvalue weighted by molar-refractivity contribution is 5.83. The largest absolute Gasteiger partial charge is 0.449 e. The Labute approximate surface area is 57.2 Å². The zero-order valence-electron chi connectivity index (χ0n) is 5.66. The van der Waals surface area contributed by atoms with Gasteiger partial charge in [0.2, 0.25) is 5.78 Å². The van der Waals surface area contributed by atoms with Gasteiger partial charge in [-0.05, 0) is 6.42 Å². The molecule has 0 aliphatic heterocycles. The van der Waals surface area contributed by atoms with Crippen molar-refractivity contribution < 1.29 is 18.0 Å². The van der Waals surface area contributed by atoms with Crippen LogP contribution in [0.15, 0.2) is 0 Å². The van der Waals surface area contributed by atoms with Gasteiger partial charge in [0.15, 0.2) is 0 Å². The topological polar surface area (TPSA) is 17.1 Å². The van der Waals surface area contributed by atoms with E-state index in [0.29, 0.717) is 12.8 Å². The lowest BCUT2D eigenvalue weighted by Crippen LogP contribution is -2.21. The summed E-state index contributed by atoms with van der Waals surface area (Å²) in [5.41, 5.74) is 0. The molecule has 60 valence electrons. The van der Waals surface area contributed by atoms with Crippen LogP contribution in [0.2, 0.25) is 0 Å². The molecule has 0 saturated heterocycles. The minimum atomic E-state index is -4.63. The number of hydrogen-bond donors (Lipinski definition) is 0. The molecule has 4 heteroatoms. The maximum absolute atomic E-state index is 11.4. The van der Waals surface area contributed by atoms with Crippen LogP contribution < -0.4 is 0 Å². The molecule has 1 nitrogen and oxygen atoms in total. The van der Waals surface area contributed by atoms with Gasteiger partial charge in [-0.15, -0.1) is 0 Å². The highest BCUT2D eigenvalue weighted by Gasteiger charge is 2.36. The van der Waals surface area contributed by atoms with Gasteiger partial charge in [-0.1, -0.05) is 13.3 Å². The Morgan fingerprint density at radius 2 is 1.90 bits per heavy atom. The van der Waals surface area contributed by atoms with Gasteiger partial charge in [-0.3, -0.25) is 4.79 Å². The van der Waals surface area contributed by atoms with Crippen LogP contribution in [-0.4, -0.2) is 12.0 Å². The van der Waals surface area contributed by atoms with Crippen molar-refractivity contribution in [2.24, 2.45) is 0 Å². The molecular formula is C6H9F3O. The predicted octanol–water partition coefficient (Wildman–Crippen LogP) is 2.31. The van der Waals surface area contributed by atoms with E-state index in [2.05, 4.69) is 0 Å². The first-order valence-electron chi connectivity index (χ1n) is 3.08. The first-order chi connectivity index (χ1) is 4.48. The van der Waals surface area contributed by atoms with Crippen molar-refractivity contribution in [1.82, 2.24) is 0 Å². The van der Waals surface area contributed by atoms with E-state index in [1.165, 1.54) is 0 Å². The molecular weight excluding hydrogens is 145 g/mol. The van der Waals surface area contributed by atoms with Crippen LogP contribution in [-0.2, 0) is 4.79 Å². The maximum Gasteiger partial charge on any atom is 0.449 e. The van der Waals surface area contributed by atoms with E-state index in [4.69, 9.17) is 0 Å². The molecule has 0 rings (SSSR count). The lowest BCUT2D eigenvalue weighted by Gasteiger charge is -2.02. The predicted molar refractivity (Wildman–Crippen MR) is 30.6 cm³/mol. The first kappa shape index (κ1) is 9.46. The number of hydrogen-bond acceptors (Lipinski definition) is 1. The zero-order chi connectivity index (χ0) is 8.20. The van der Waals surface area contributed by atoms with Crippen molar-refractivity contribution in [2.45, 2.75) is 32.4 Å². The molecule has 0 aromatic heterocycles. The van der Waals surface area contributed by atoms with Gasteiger partial charge in [0.25, 0.3) is 0 Å². The second-order valence-electron chi connectivity index (χ2n) is 2.02. The van der Waals surface area contributed by atoms with Crippen molar-refractivity contribution in [1.29, 1.82) is 0 Å². The van der Waals surface area contributed by atoms with E-state index in [0.717, 1.165) is 0 Å². The molecule has 0 heterocycles. The van der Waals surface area contributed by atoms with Crippen LogP contribution in [0.4, 0.5) is 13.2 Å². The van der Waals surface area contributed by atoms with Crippen molar-refractivity contribution in [2.75, 3.05) is 0 Å². The summed E-state index contributed by atoms with van der Waals surface area (Å²) in [6, 6.07) is 0. The number of unbranched alkanes of at least 4 members (excludes halogenated alkanes) is 1. The Bertz CT molecular complexity index is 117. The zero-order valence-corrected chi connectivity index (χ0v) is 5.66. The molecule has 0 aliphatic rings. The van der Waals surface area contributed by atoms with Crippen LogP contribution in [0.5, 0.6) is 0 Å². The van der Waals surface area contributed by atoms with Gasteiger partial charge < -0.3 is 0 Å². The minimum absolute atomic E-state index is 0.318. The molecule has 0 aliphatic carbocycles. The fourth-order valence-electron chi connectivity index (χ4n) is 0.479. The van der Waals surface area contributed by atoms with Gasteiger partial charge in [-0.25, -0.2) is 0 Å². The number of carbonyl (C=O) groups is 1. The lowest BCUT2D eigenvalue weighted by atomic mass is 10.2. The Morgan fingerprint density at radius 3 is 2.20 bits per heavy atom. The summed E-state index contributed by atoms with van der Waals surface area (Å²) in [6.45, 7) is 1.74. The molecule has 0 aromatic rings. The monoisotopic (exact) mass is 154 g/mol. The highest BCUT2D eigenvalue weighted by atomic mass is 19.4. The first-order valence-corrected chi connectivity index (χ1v) is 3.08. The number of ketones is 1. The number of alkyl halides is 3. The fourth-order valence-corrected chi connectivity index (χ4v) is 0.479. The van der Waals surface area contributed by atoms with Crippen molar-refractivity contribution in [3.8, 4) is 0 Å². The molecule has 0 amide bonds. The molecule has 10 heavy (non-hydrogen) atoms. The van der Waals surface area contributed by atoms with E-state index in [1.54, 1.807) is 6.92 Å². The third-order valence-corrected chi connectivity index (χ3v) is 1.07. The minimum Gasteiger partial charge on any atom is -0.290 e. The van der Waals surface area contributed by atoms with E-state index >= 15 is 0 Å². The number of Topliss-reactive ketones (excluding diaryl/α,β-unsaturated/α-hetero) is 1. The molecule has 0 bridgehead atoms. The van der Waals surface area contributed by atoms with Gasteiger partial charge in [0.05, 0.1) is 0 Å². The second kappa shape index (κ2) is 3.58. The summed E-state index contributed by atoms with van der Waals surface area (Å²) in [6.07, 6.45) is -4.07. The Morgan fingerprint density at radius 1 is 1.40 bits per heavy atom. The Hall–Kier alpha value is -0.540. The molecule has 0 unspecified atom stereocenters. The quantitative estimate of drug-likeness (QED) is 0.609. The van der Waals surface area contributed by atoms with E-state index in [1.807, 2.05) is 0 Å². The van der Waals surface area contributed by atoms with Crippen LogP contribution in [0.3, 0.4) is 0 Å². The van der Waals surface area contributed by atoms with E-state index in [-0.39, 0.29) is 6.42 Å². The summed E-state index contributed by atoms with van der Waals surface area (Å²) in [5, 5.41) is 0. The van der Waals surface area contributed by atoms with Crippen LogP contribution in [0.1, 0.15) is 26.2 Å². The summed E-state index contributed by atoms with van der Waals surface area (Å²) in [7, 11) is 0. The van der Waals surface area contributed by atoms with Gasteiger partial charge in [-0.2, -0.15) is 13.2 Å². The molecule has 0 saturated carbocycles. The molecule has 0 atom stereocenters.